The second-order valence-electron chi connectivity index (χ2n) is 5.13. The minimum Gasteiger partial charge on any atom is -0.491 e. The van der Waals surface area contributed by atoms with Crippen molar-refractivity contribution in [1.29, 1.82) is 0 Å². The molecular weight excluding hydrogens is 287 g/mol. The highest BCUT2D eigenvalue weighted by molar-refractivity contribution is 7.83. The summed E-state index contributed by atoms with van der Waals surface area (Å²) in [5.41, 5.74) is 1.66. The van der Waals surface area contributed by atoms with Gasteiger partial charge in [-0.15, -0.1) is 0 Å². The van der Waals surface area contributed by atoms with E-state index >= 15 is 0 Å². The van der Waals surface area contributed by atoms with Crippen LogP contribution in [-0.2, 0) is 22.3 Å². The summed E-state index contributed by atoms with van der Waals surface area (Å²) in [6.45, 7) is 3.92. The fourth-order valence-electron chi connectivity index (χ4n) is 2.03. The van der Waals surface area contributed by atoms with E-state index in [0.29, 0.717) is 11.5 Å². The summed E-state index contributed by atoms with van der Waals surface area (Å²) in [5.74, 6) is 1.21. The molecule has 2 nitrogen and oxygen atoms in total. The molecular formula is C17H19FO2S. The highest BCUT2D eigenvalue weighted by Gasteiger charge is 2.10. The Kier molecular flexibility index (Phi) is 5.51. The molecule has 0 spiro atoms. The molecule has 4 heteroatoms. The maximum atomic E-state index is 13.1. The van der Waals surface area contributed by atoms with E-state index in [4.69, 9.17) is 4.74 Å². The van der Waals surface area contributed by atoms with Crippen LogP contribution < -0.4 is 4.74 Å². The minimum absolute atomic E-state index is 0.0720. The van der Waals surface area contributed by atoms with Gasteiger partial charge in [-0.2, -0.15) is 0 Å². The van der Waals surface area contributed by atoms with Gasteiger partial charge in [-0.05, 0) is 37.6 Å². The van der Waals surface area contributed by atoms with Gasteiger partial charge in [-0.1, -0.05) is 30.3 Å². The average Bonchev–Trinajstić information content (AvgIpc) is 2.40. The Morgan fingerprint density at radius 2 is 1.86 bits per heavy atom. The number of benzene rings is 2. The first kappa shape index (κ1) is 15.7. The monoisotopic (exact) mass is 306 g/mol. The lowest BCUT2D eigenvalue weighted by atomic mass is 10.2. The van der Waals surface area contributed by atoms with Gasteiger partial charge in [0.2, 0.25) is 0 Å². The first-order valence-electron chi connectivity index (χ1n) is 6.88. The van der Waals surface area contributed by atoms with Gasteiger partial charge in [0.1, 0.15) is 11.6 Å². The number of hydrogen-bond donors (Lipinski definition) is 0. The van der Waals surface area contributed by atoms with E-state index in [1.54, 1.807) is 12.1 Å². The summed E-state index contributed by atoms with van der Waals surface area (Å²) in [6, 6.07) is 13.8. The van der Waals surface area contributed by atoms with E-state index in [2.05, 4.69) is 0 Å². The third kappa shape index (κ3) is 4.97. The zero-order valence-electron chi connectivity index (χ0n) is 12.2. The lowest BCUT2D eigenvalue weighted by Gasteiger charge is -2.14. The molecule has 2 rings (SSSR count). The van der Waals surface area contributed by atoms with Crippen molar-refractivity contribution in [2.45, 2.75) is 31.5 Å². The Bertz CT molecular complexity index is 626. The van der Waals surface area contributed by atoms with Crippen molar-refractivity contribution < 1.29 is 13.3 Å². The summed E-state index contributed by atoms with van der Waals surface area (Å²) >= 11 is 0. The molecule has 0 aliphatic rings. The Morgan fingerprint density at radius 3 is 2.57 bits per heavy atom. The minimum atomic E-state index is -1.10. The molecule has 0 saturated heterocycles. The molecule has 0 saturated carbocycles. The Hall–Kier alpha value is -1.68. The largest absolute Gasteiger partial charge is 0.491 e. The van der Waals surface area contributed by atoms with Crippen molar-refractivity contribution >= 4 is 10.8 Å². The van der Waals surface area contributed by atoms with Crippen LogP contribution in [0, 0.1) is 5.82 Å². The summed E-state index contributed by atoms with van der Waals surface area (Å²) in [5, 5.41) is 0. The molecule has 0 amide bonds. The molecule has 0 aliphatic heterocycles. The van der Waals surface area contributed by atoms with Crippen LogP contribution in [0.25, 0.3) is 0 Å². The molecule has 2 aromatic rings. The van der Waals surface area contributed by atoms with Crippen LogP contribution in [0.2, 0.25) is 0 Å². The van der Waals surface area contributed by atoms with Crippen molar-refractivity contribution in [3.05, 3.63) is 65.5 Å². The molecule has 0 N–H and O–H groups in total. The quantitative estimate of drug-likeness (QED) is 0.804. The van der Waals surface area contributed by atoms with Crippen LogP contribution in [0.1, 0.15) is 25.0 Å². The molecule has 0 heterocycles. The Labute approximate surface area is 127 Å². The van der Waals surface area contributed by atoms with Gasteiger partial charge in [-0.3, -0.25) is 4.21 Å². The molecule has 0 aromatic heterocycles. The van der Waals surface area contributed by atoms with Crippen molar-refractivity contribution in [2.75, 3.05) is 0 Å². The molecule has 112 valence electrons. The van der Waals surface area contributed by atoms with E-state index in [1.165, 1.54) is 12.1 Å². The molecule has 0 fully saturated rings. The fourth-order valence-corrected chi connectivity index (χ4v) is 3.27. The Morgan fingerprint density at radius 1 is 1.10 bits per heavy atom. The summed E-state index contributed by atoms with van der Waals surface area (Å²) < 4.78 is 31.1. The number of ether oxygens (including phenoxy) is 1. The number of halogens is 1. The molecule has 0 aliphatic carbocycles. The third-order valence-electron chi connectivity index (χ3n) is 2.87. The van der Waals surface area contributed by atoms with Gasteiger partial charge >= 0.3 is 0 Å². The first-order valence-corrected chi connectivity index (χ1v) is 8.37. The number of para-hydroxylation sites is 1. The van der Waals surface area contributed by atoms with Gasteiger partial charge < -0.3 is 4.74 Å². The number of hydrogen-bond acceptors (Lipinski definition) is 2. The van der Waals surface area contributed by atoms with Crippen molar-refractivity contribution in [3.63, 3.8) is 0 Å². The van der Waals surface area contributed by atoms with Crippen molar-refractivity contribution in [2.24, 2.45) is 0 Å². The van der Waals surface area contributed by atoms with E-state index in [0.717, 1.165) is 16.9 Å². The van der Waals surface area contributed by atoms with Gasteiger partial charge in [0, 0.05) is 22.1 Å². The van der Waals surface area contributed by atoms with Crippen LogP contribution in [-0.4, -0.2) is 10.3 Å². The van der Waals surface area contributed by atoms with E-state index in [9.17, 15) is 8.60 Å². The summed E-state index contributed by atoms with van der Waals surface area (Å²) in [4.78, 5) is 0. The lowest BCUT2D eigenvalue weighted by Crippen LogP contribution is -2.09. The molecule has 0 bridgehead atoms. The van der Waals surface area contributed by atoms with Crippen molar-refractivity contribution in [1.82, 2.24) is 0 Å². The Balaban J connectivity index is 2.06. The highest BCUT2D eigenvalue weighted by Crippen LogP contribution is 2.22. The van der Waals surface area contributed by atoms with E-state index < -0.39 is 10.8 Å². The van der Waals surface area contributed by atoms with Gasteiger partial charge in [0.25, 0.3) is 0 Å². The van der Waals surface area contributed by atoms with Crippen molar-refractivity contribution in [3.8, 4) is 5.75 Å². The zero-order valence-corrected chi connectivity index (χ0v) is 13.0. The van der Waals surface area contributed by atoms with Gasteiger partial charge in [-0.25, -0.2) is 4.39 Å². The normalized spacial score (nSPS) is 12.4. The molecule has 2 aromatic carbocycles. The fraction of sp³-hybridized carbons (Fsp3) is 0.294. The molecule has 21 heavy (non-hydrogen) atoms. The second-order valence-corrected chi connectivity index (χ2v) is 6.59. The predicted octanol–water partition coefficient (Wildman–Crippen LogP) is 4.06. The average molecular weight is 306 g/mol. The van der Waals surface area contributed by atoms with Gasteiger partial charge in [0.15, 0.2) is 0 Å². The van der Waals surface area contributed by atoms with Crippen LogP contribution in [0.5, 0.6) is 5.75 Å². The highest BCUT2D eigenvalue weighted by atomic mass is 32.2. The van der Waals surface area contributed by atoms with Crippen LogP contribution in [0.15, 0.2) is 48.5 Å². The van der Waals surface area contributed by atoms with E-state index in [-0.39, 0.29) is 11.9 Å². The maximum Gasteiger partial charge on any atom is 0.123 e. The lowest BCUT2D eigenvalue weighted by molar-refractivity contribution is 0.240. The molecule has 0 unspecified atom stereocenters. The van der Waals surface area contributed by atoms with Gasteiger partial charge in [0.05, 0.1) is 11.9 Å². The smallest absolute Gasteiger partial charge is 0.123 e. The molecule has 0 radical (unpaired) electrons. The maximum absolute atomic E-state index is 13.1. The standard InChI is InChI=1S/C17H19FO2S/c1-13(2)20-17-9-4-3-7-15(17)12-21(19)11-14-6-5-8-16(18)10-14/h3-10,13H,11-12H2,1-2H3/t21-/m1/s1. The predicted molar refractivity (Wildman–Crippen MR) is 84.2 cm³/mol. The second kappa shape index (κ2) is 7.36. The molecule has 1 atom stereocenters. The van der Waals surface area contributed by atoms with Crippen LogP contribution in [0.4, 0.5) is 4.39 Å². The summed E-state index contributed by atoms with van der Waals surface area (Å²) in [7, 11) is -1.10. The van der Waals surface area contributed by atoms with Crippen LogP contribution >= 0.6 is 0 Å². The zero-order chi connectivity index (χ0) is 15.2. The van der Waals surface area contributed by atoms with E-state index in [1.807, 2.05) is 38.1 Å². The SMILES string of the molecule is CC(C)Oc1ccccc1C[S@](=O)Cc1cccc(F)c1. The first-order chi connectivity index (χ1) is 10.0. The summed E-state index contributed by atoms with van der Waals surface area (Å²) in [6.07, 6.45) is 0.0720. The third-order valence-corrected chi connectivity index (χ3v) is 4.16. The van der Waals surface area contributed by atoms with Crippen LogP contribution in [0.3, 0.4) is 0 Å². The topological polar surface area (TPSA) is 26.3 Å². The number of rotatable bonds is 6.